The Balaban J connectivity index is 1.35. The summed E-state index contributed by atoms with van der Waals surface area (Å²) in [5.41, 5.74) is 0.734. The molecule has 0 aliphatic carbocycles. The highest BCUT2D eigenvalue weighted by molar-refractivity contribution is 7.09. The van der Waals surface area contributed by atoms with E-state index in [2.05, 4.69) is 17.0 Å². The van der Waals surface area contributed by atoms with Gasteiger partial charge in [0.2, 0.25) is 17.7 Å². The molecule has 34 heavy (non-hydrogen) atoms. The van der Waals surface area contributed by atoms with Crippen LogP contribution < -0.4 is 4.90 Å². The van der Waals surface area contributed by atoms with E-state index in [-0.39, 0.29) is 37.1 Å². The monoisotopic (exact) mass is 473 g/mol. The lowest BCUT2D eigenvalue weighted by atomic mass is 9.75. The van der Waals surface area contributed by atoms with Crippen LogP contribution in [-0.4, -0.2) is 53.7 Å². The molecule has 2 aliphatic rings. The van der Waals surface area contributed by atoms with Crippen LogP contribution in [0.2, 0.25) is 0 Å². The van der Waals surface area contributed by atoms with E-state index in [9.17, 15) is 14.4 Å². The molecule has 7 heteroatoms. The fourth-order valence-electron chi connectivity index (χ4n) is 4.96. The van der Waals surface area contributed by atoms with E-state index >= 15 is 0 Å². The summed E-state index contributed by atoms with van der Waals surface area (Å²) in [5, 5.41) is 1.93. The van der Waals surface area contributed by atoms with E-state index in [1.54, 1.807) is 0 Å². The van der Waals surface area contributed by atoms with Crippen LogP contribution in [0.15, 0.2) is 78.2 Å². The summed E-state index contributed by atoms with van der Waals surface area (Å²) in [6.07, 6.45) is 0.0325. The highest BCUT2D eigenvalue weighted by atomic mass is 32.1. The van der Waals surface area contributed by atoms with Crippen molar-refractivity contribution in [2.45, 2.75) is 24.8 Å². The van der Waals surface area contributed by atoms with Crippen LogP contribution in [0.5, 0.6) is 0 Å². The van der Waals surface area contributed by atoms with Gasteiger partial charge in [-0.1, -0.05) is 54.6 Å². The molecule has 6 nitrogen and oxygen atoms in total. The summed E-state index contributed by atoms with van der Waals surface area (Å²) < 4.78 is 0. The Morgan fingerprint density at radius 3 is 2.18 bits per heavy atom. The number of para-hydroxylation sites is 1. The van der Waals surface area contributed by atoms with Crippen molar-refractivity contribution in [2.75, 3.05) is 31.1 Å². The zero-order chi connectivity index (χ0) is 23.5. The first kappa shape index (κ1) is 22.3. The Hall–Kier alpha value is -3.45. The van der Waals surface area contributed by atoms with Crippen LogP contribution in [0.3, 0.4) is 0 Å². The normalized spacial score (nSPS) is 20.8. The van der Waals surface area contributed by atoms with E-state index < -0.39 is 5.41 Å². The van der Waals surface area contributed by atoms with Crippen molar-refractivity contribution in [1.82, 2.24) is 9.80 Å². The van der Waals surface area contributed by atoms with Crippen molar-refractivity contribution in [1.29, 1.82) is 0 Å². The van der Waals surface area contributed by atoms with Crippen LogP contribution in [0, 0.1) is 0 Å². The minimum Gasteiger partial charge on any atom is -0.368 e. The van der Waals surface area contributed by atoms with Gasteiger partial charge in [-0.25, -0.2) is 0 Å². The van der Waals surface area contributed by atoms with Gasteiger partial charge < -0.3 is 9.80 Å². The molecule has 0 radical (unpaired) electrons. The smallest absolute Gasteiger partial charge is 0.241 e. The number of thiophene rings is 1. The second kappa shape index (κ2) is 9.43. The Labute approximate surface area is 203 Å². The summed E-state index contributed by atoms with van der Waals surface area (Å²) in [6.45, 7) is 2.93. The molecule has 2 saturated heterocycles. The van der Waals surface area contributed by atoms with Crippen LogP contribution in [0.25, 0.3) is 0 Å². The van der Waals surface area contributed by atoms with Crippen molar-refractivity contribution >= 4 is 34.7 Å². The second-order valence-electron chi connectivity index (χ2n) is 8.87. The molecule has 3 aromatic rings. The number of amides is 3. The first-order chi connectivity index (χ1) is 16.6. The minimum absolute atomic E-state index is 0.00780. The Morgan fingerprint density at radius 1 is 0.853 bits per heavy atom. The van der Waals surface area contributed by atoms with Crippen LogP contribution in [-0.2, 0) is 26.3 Å². The highest BCUT2D eigenvalue weighted by Crippen LogP contribution is 2.41. The molecule has 0 saturated carbocycles. The molecule has 1 atom stereocenters. The SMILES string of the molecule is O=C(CC1(c2ccccc2)CC(=O)N(Cc2cccs2)C1=O)N1CCN(c2ccccc2)CC1. The molecule has 5 rings (SSSR count). The maximum absolute atomic E-state index is 13.8. The van der Waals surface area contributed by atoms with Gasteiger partial charge in [-0.3, -0.25) is 19.3 Å². The van der Waals surface area contributed by atoms with Crippen LogP contribution in [0.1, 0.15) is 23.3 Å². The fraction of sp³-hybridized carbons (Fsp3) is 0.296. The van der Waals surface area contributed by atoms with Gasteiger partial charge in [0.05, 0.1) is 12.0 Å². The van der Waals surface area contributed by atoms with Crippen LogP contribution >= 0.6 is 11.3 Å². The Kier molecular flexibility index (Phi) is 6.20. The van der Waals surface area contributed by atoms with Gasteiger partial charge in [-0.05, 0) is 29.1 Å². The van der Waals surface area contributed by atoms with Gasteiger partial charge in [0.25, 0.3) is 0 Å². The van der Waals surface area contributed by atoms with Crippen molar-refractivity contribution in [2.24, 2.45) is 0 Å². The number of benzene rings is 2. The molecule has 2 aliphatic heterocycles. The van der Waals surface area contributed by atoms with Crippen molar-refractivity contribution in [3.05, 3.63) is 88.6 Å². The Bertz CT molecular complexity index is 1160. The fourth-order valence-corrected chi connectivity index (χ4v) is 5.66. The standard InChI is InChI=1S/C27H27N3O3S/c31-24(29-15-13-28(14-16-29)22-10-5-2-6-11-22)18-27(21-8-3-1-4-9-21)19-25(32)30(26(27)33)20-23-12-7-17-34-23/h1-12,17H,13-16,18-20H2. The van der Waals surface area contributed by atoms with E-state index in [0.29, 0.717) is 13.1 Å². The number of nitrogens with zero attached hydrogens (tertiary/aromatic N) is 3. The van der Waals surface area contributed by atoms with Crippen molar-refractivity contribution in [3.8, 4) is 0 Å². The van der Waals surface area contributed by atoms with Gasteiger partial charge in [0.15, 0.2) is 0 Å². The molecule has 3 heterocycles. The average molecular weight is 474 g/mol. The molecule has 3 amide bonds. The first-order valence-corrected chi connectivity index (χ1v) is 12.5. The number of rotatable bonds is 6. The Morgan fingerprint density at radius 2 is 1.53 bits per heavy atom. The third kappa shape index (κ3) is 4.23. The summed E-state index contributed by atoms with van der Waals surface area (Å²) in [5.74, 6) is -0.562. The van der Waals surface area contributed by atoms with E-state index in [4.69, 9.17) is 0 Å². The summed E-state index contributed by atoms with van der Waals surface area (Å²) >= 11 is 1.52. The molecule has 2 aromatic carbocycles. The number of anilines is 1. The lowest BCUT2D eigenvalue weighted by Gasteiger charge is -2.37. The molecule has 1 unspecified atom stereocenters. The number of likely N-dealkylation sites (tertiary alicyclic amines) is 1. The lowest BCUT2D eigenvalue weighted by molar-refractivity contribution is -0.143. The van der Waals surface area contributed by atoms with E-state index in [1.807, 2.05) is 70.9 Å². The highest BCUT2D eigenvalue weighted by Gasteiger charge is 2.54. The minimum atomic E-state index is -1.15. The summed E-state index contributed by atoms with van der Waals surface area (Å²) in [7, 11) is 0. The quantitative estimate of drug-likeness (QED) is 0.513. The number of piperazine rings is 1. The molecule has 174 valence electrons. The zero-order valence-corrected chi connectivity index (χ0v) is 19.7. The van der Waals surface area contributed by atoms with Crippen molar-refractivity contribution < 1.29 is 14.4 Å². The molecular weight excluding hydrogens is 446 g/mol. The maximum Gasteiger partial charge on any atom is 0.241 e. The number of imide groups is 1. The van der Waals surface area contributed by atoms with Crippen LogP contribution in [0.4, 0.5) is 5.69 Å². The number of carbonyl (C=O) groups is 3. The molecule has 0 N–H and O–H groups in total. The molecular formula is C27H27N3O3S. The lowest BCUT2D eigenvalue weighted by Crippen LogP contribution is -2.51. The van der Waals surface area contributed by atoms with Gasteiger partial charge in [-0.2, -0.15) is 0 Å². The molecule has 1 aromatic heterocycles. The number of carbonyl (C=O) groups excluding carboxylic acids is 3. The number of hydrogen-bond acceptors (Lipinski definition) is 5. The predicted octanol–water partition coefficient (Wildman–Crippen LogP) is 3.68. The van der Waals surface area contributed by atoms with Gasteiger partial charge in [0.1, 0.15) is 0 Å². The predicted molar refractivity (Wildman–Crippen MR) is 132 cm³/mol. The van der Waals surface area contributed by atoms with Gasteiger partial charge >= 0.3 is 0 Å². The molecule has 0 bridgehead atoms. The van der Waals surface area contributed by atoms with Crippen molar-refractivity contribution in [3.63, 3.8) is 0 Å². The van der Waals surface area contributed by atoms with E-state index in [1.165, 1.54) is 16.2 Å². The number of hydrogen-bond donors (Lipinski definition) is 0. The largest absolute Gasteiger partial charge is 0.368 e. The topological polar surface area (TPSA) is 60.9 Å². The van der Waals surface area contributed by atoms with Gasteiger partial charge in [-0.15, -0.1) is 11.3 Å². The van der Waals surface area contributed by atoms with Gasteiger partial charge in [0, 0.05) is 49.6 Å². The molecule has 2 fully saturated rings. The third-order valence-corrected chi connectivity index (χ3v) is 7.70. The third-order valence-electron chi connectivity index (χ3n) is 6.84. The second-order valence-corrected chi connectivity index (χ2v) is 9.90. The van der Waals surface area contributed by atoms with E-state index in [0.717, 1.165) is 29.2 Å². The zero-order valence-electron chi connectivity index (χ0n) is 18.9. The maximum atomic E-state index is 13.8. The summed E-state index contributed by atoms with van der Waals surface area (Å²) in [6, 6.07) is 23.3. The average Bonchev–Trinajstić information content (AvgIpc) is 3.48. The molecule has 0 spiro atoms. The first-order valence-electron chi connectivity index (χ1n) is 11.6. The summed E-state index contributed by atoms with van der Waals surface area (Å²) in [4.78, 5) is 46.7.